The molecular formula is C17H18N4O3. The number of rotatable bonds is 4. The summed E-state index contributed by atoms with van der Waals surface area (Å²) in [7, 11) is 1.58. The zero-order chi connectivity index (χ0) is 17.3. The van der Waals surface area contributed by atoms with Gasteiger partial charge in [-0.2, -0.15) is 4.98 Å². The number of aromatic nitrogens is 4. The van der Waals surface area contributed by atoms with Gasteiger partial charge in [-0.1, -0.05) is 11.6 Å². The molecule has 0 bridgehead atoms. The van der Waals surface area contributed by atoms with Crippen LogP contribution >= 0.6 is 0 Å². The summed E-state index contributed by atoms with van der Waals surface area (Å²) in [6.45, 7) is 5.79. The van der Waals surface area contributed by atoms with Gasteiger partial charge in [0.25, 0.3) is 11.6 Å². The van der Waals surface area contributed by atoms with Gasteiger partial charge in [0.2, 0.25) is 0 Å². The molecule has 7 heteroatoms. The van der Waals surface area contributed by atoms with Crippen molar-refractivity contribution in [1.29, 1.82) is 0 Å². The second-order valence-electron chi connectivity index (χ2n) is 5.58. The third-order valence-electron chi connectivity index (χ3n) is 3.60. The summed E-state index contributed by atoms with van der Waals surface area (Å²) in [5.74, 6) is 0.445. The van der Waals surface area contributed by atoms with Crippen LogP contribution in [0.25, 0.3) is 5.78 Å². The van der Waals surface area contributed by atoms with Crippen molar-refractivity contribution in [2.75, 3.05) is 7.11 Å². The van der Waals surface area contributed by atoms with Crippen molar-refractivity contribution in [2.24, 2.45) is 0 Å². The summed E-state index contributed by atoms with van der Waals surface area (Å²) < 4.78 is 12.1. The van der Waals surface area contributed by atoms with Crippen molar-refractivity contribution in [3.8, 4) is 5.75 Å². The fourth-order valence-electron chi connectivity index (χ4n) is 2.48. The molecule has 2 aromatic heterocycles. The monoisotopic (exact) mass is 326 g/mol. The molecular weight excluding hydrogens is 308 g/mol. The number of aryl methyl sites for hydroxylation is 3. The maximum Gasteiger partial charge on any atom is 0.378 e. The second kappa shape index (κ2) is 6.27. The SMILES string of the molecule is COc1ccc(C)cc1COC(=O)c1nc2nc(C)cc(C)n2n1. The number of nitrogens with zero attached hydrogens (tertiary/aromatic N) is 4. The Balaban J connectivity index is 1.81. The van der Waals surface area contributed by atoms with Crippen LogP contribution in [0.5, 0.6) is 5.75 Å². The molecule has 0 saturated carbocycles. The van der Waals surface area contributed by atoms with Gasteiger partial charge in [-0.3, -0.25) is 0 Å². The van der Waals surface area contributed by atoms with Crippen LogP contribution in [0.1, 0.15) is 33.1 Å². The molecule has 0 radical (unpaired) electrons. The predicted octanol–water partition coefficient (Wildman–Crippen LogP) is 2.42. The fourth-order valence-corrected chi connectivity index (χ4v) is 2.48. The van der Waals surface area contributed by atoms with E-state index in [9.17, 15) is 4.79 Å². The van der Waals surface area contributed by atoms with Crippen molar-refractivity contribution < 1.29 is 14.3 Å². The number of carbonyl (C=O) groups is 1. The Bertz CT molecular complexity index is 918. The number of ether oxygens (including phenoxy) is 2. The summed E-state index contributed by atoms with van der Waals surface area (Å²) in [6.07, 6.45) is 0. The highest BCUT2D eigenvalue weighted by Crippen LogP contribution is 2.20. The molecule has 0 saturated heterocycles. The normalized spacial score (nSPS) is 10.8. The van der Waals surface area contributed by atoms with Gasteiger partial charge in [0.15, 0.2) is 0 Å². The number of methoxy groups -OCH3 is 1. The largest absolute Gasteiger partial charge is 0.496 e. The Morgan fingerprint density at radius 2 is 1.96 bits per heavy atom. The van der Waals surface area contributed by atoms with Gasteiger partial charge >= 0.3 is 5.97 Å². The topological polar surface area (TPSA) is 78.6 Å². The molecule has 24 heavy (non-hydrogen) atoms. The number of fused-ring (bicyclic) bond motifs is 1. The minimum absolute atomic E-state index is 0.0113. The first-order chi connectivity index (χ1) is 11.5. The average Bonchev–Trinajstić information content (AvgIpc) is 2.97. The molecule has 0 atom stereocenters. The summed E-state index contributed by atoms with van der Waals surface area (Å²) in [4.78, 5) is 20.6. The summed E-state index contributed by atoms with van der Waals surface area (Å²) in [5, 5.41) is 4.16. The quantitative estimate of drug-likeness (QED) is 0.685. The van der Waals surface area contributed by atoms with Gasteiger partial charge in [0.05, 0.1) is 7.11 Å². The third kappa shape index (κ3) is 3.05. The first-order valence-electron chi connectivity index (χ1n) is 7.49. The molecule has 0 unspecified atom stereocenters. The zero-order valence-corrected chi connectivity index (χ0v) is 14.0. The molecule has 3 aromatic rings. The van der Waals surface area contributed by atoms with Crippen LogP contribution in [0.4, 0.5) is 0 Å². The van der Waals surface area contributed by atoms with Crippen LogP contribution in [-0.4, -0.2) is 32.7 Å². The van der Waals surface area contributed by atoms with Crippen molar-refractivity contribution in [1.82, 2.24) is 19.6 Å². The fraction of sp³-hybridized carbons (Fsp3) is 0.294. The summed E-state index contributed by atoms with van der Waals surface area (Å²) >= 11 is 0. The van der Waals surface area contributed by atoms with E-state index in [1.165, 1.54) is 4.52 Å². The lowest BCUT2D eigenvalue weighted by Crippen LogP contribution is -2.08. The molecule has 0 N–H and O–H groups in total. The minimum atomic E-state index is -0.596. The molecule has 0 aliphatic carbocycles. The molecule has 0 fully saturated rings. The second-order valence-corrected chi connectivity index (χ2v) is 5.58. The van der Waals surface area contributed by atoms with E-state index >= 15 is 0 Å². The van der Waals surface area contributed by atoms with Gasteiger partial charge in [0, 0.05) is 17.0 Å². The highest BCUT2D eigenvalue weighted by molar-refractivity contribution is 5.85. The number of hydrogen-bond acceptors (Lipinski definition) is 6. The van der Waals surface area contributed by atoms with E-state index < -0.39 is 5.97 Å². The van der Waals surface area contributed by atoms with Crippen molar-refractivity contribution in [2.45, 2.75) is 27.4 Å². The standard InChI is InChI=1S/C17H18N4O3/c1-10-5-6-14(23-4)13(7-10)9-24-16(22)15-19-17-18-11(2)8-12(3)21(17)20-15/h5-8H,9H2,1-4H3. The first-order valence-corrected chi connectivity index (χ1v) is 7.49. The maximum atomic E-state index is 12.2. The minimum Gasteiger partial charge on any atom is -0.496 e. The highest BCUT2D eigenvalue weighted by Gasteiger charge is 2.17. The number of hydrogen-bond donors (Lipinski definition) is 0. The molecule has 1 aromatic carbocycles. The van der Waals surface area contributed by atoms with Crippen molar-refractivity contribution in [3.63, 3.8) is 0 Å². The molecule has 0 aliphatic rings. The van der Waals surface area contributed by atoms with Crippen molar-refractivity contribution in [3.05, 3.63) is 52.6 Å². The van der Waals surface area contributed by atoms with Gasteiger partial charge in [-0.25, -0.2) is 14.3 Å². The molecule has 124 valence electrons. The van der Waals surface area contributed by atoms with Crippen LogP contribution in [0.2, 0.25) is 0 Å². The molecule has 2 heterocycles. The Kier molecular flexibility index (Phi) is 4.16. The lowest BCUT2D eigenvalue weighted by Gasteiger charge is -2.09. The Hall–Kier alpha value is -2.96. The van der Waals surface area contributed by atoms with Crippen LogP contribution in [0, 0.1) is 20.8 Å². The van der Waals surface area contributed by atoms with Crippen molar-refractivity contribution >= 4 is 11.7 Å². The molecule has 0 amide bonds. The Morgan fingerprint density at radius 3 is 2.71 bits per heavy atom. The molecule has 3 rings (SSSR count). The van der Waals surface area contributed by atoms with E-state index in [1.807, 2.05) is 45.0 Å². The molecule has 0 spiro atoms. The number of carbonyl (C=O) groups excluding carboxylic acids is 1. The van der Waals surface area contributed by atoms with E-state index in [4.69, 9.17) is 9.47 Å². The van der Waals surface area contributed by atoms with Crippen LogP contribution in [0.3, 0.4) is 0 Å². The van der Waals surface area contributed by atoms with E-state index in [1.54, 1.807) is 7.11 Å². The first kappa shape index (κ1) is 15.9. The Labute approximate surface area is 139 Å². The smallest absolute Gasteiger partial charge is 0.378 e. The third-order valence-corrected chi connectivity index (χ3v) is 3.60. The molecule has 0 aliphatic heterocycles. The highest BCUT2D eigenvalue weighted by atomic mass is 16.5. The van der Waals surface area contributed by atoms with E-state index in [-0.39, 0.29) is 12.4 Å². The van der Waals surface area contributed by atoms with Crippen LogP contribution in [-0.2, 0) is 11.3 Å². The lowest BCUT2D eigenvalue weighted by molar-refractivity contribution is 0.0456. The van der Waals surface area contributed by atoms with Gasteiger partial charge in [-0.05, 0) is 39.0 Å². The van der Waals surface area contributed by atoms with E-state index in [2.05, 4.69) is 15.1 Å². The van der Waals surface area contributed by atoms with Gasteiger partial charge in [0.1, 0.15) is 12.4 Å². The van der Waals surface area contributed by atoms with E-state index in [0.29, 0.717) is 11.5 Å². The van der Waals surface area contributed by atoms with Gasteiger partial charge < -0.3 is 9.47 Å². The van der Waals surface area contributed by atoms with E-state index in [0.717, 1.165) is 22.5 Å². The Morgan fingerprint density at radius 1 is 1.17 bits per heavy atom. The van der Waals surface area contributed by atoms with Crippen LogP contribution < -0.4 is 4.74 Å². The number of esters is 1. The van der Waals surface area contributed by atoms with Gasteiger partial charge in [-0.15, -0.1) is 5.10 Å². The lowest BCUT2D eigenvalue weighted by atomic mass is 10.1. The summed E-state index contributed by atoms with van der Waals surface area (Å²) in [6, 6.07) is 7.56. The molecule has 7 nitrogen and oxygen atoms in total. The maximum absolute atomic E-state index is 12.2. The zero-order valence-electron chi connectivity index (χ0n) is 14.0. The number of benzene rings is 1. The predicted molar refractivity (Wildman–Crippen MR) is 87.1 cm³/mol. The summed E-state index contributed by atoms with van der Waals surface area (Å²) in [5.41, 5.74) is 3.52. The van der Waals surface area contributed by atoms with Crippen LogP contribution in [0.15, 0.2) is 24.3 Å². The average molecular weight is 326 g/mol.